The molecule has 0 bridgehead atoms. The van der Waals surface area contributed by atoms with Crippen molar-refractivity contribution in [1.82, 2.24) is 4.98 Å². The van der Waals surface area contributed by atoms with E-state index >= 15 is 0 Å². The third-order valence-electron chi connectivity index (χ3n) is 3.46. The minimum atomic E-state index is -0.483. The molecule has 1 aromatic rings. The van der Waals surface area contributed by atoms with Crippen LogP contribution < -0.4 is 0 Å². The average Bonchev–Trinajstić information content (AvgIpc) is 2.15. The van der Waals surface area contributed by atoms with E-state index in [2.05, 4.69) is 18.8 Å². The molecule has 0 aromatic carbocycles. The molecule has 0 aliphatic heterocycles. The maximum atomic E-state index is 10.2. The van der Waals surface area contributed by atoms with E-state index < -0.39 is 5.60 Å². The lowest BCUT2D eigenvalue weighted by Crippen LogP contribution is -2.47. The third-order valence-corrected chi connectivity index (χ3v) is 3.46. The molecule has 82 valence electrons. The summed E-state index contributed by atoms with van der Waals surface area (Å²) in [6.07, 6.45) is 4.36. The van der Waals surface area contributed by atoms with Crippen LogP contribution in [0.25, 0.3) is 0 Å². The van der Waals surface area contributed by atoms with Gasteiger partial charge < -0.3 is 5.11 Å². The zero-order chi connectivity index (χ0) is 10.9. The topological polar surface area (TPSA) is 33.1 Å². The molecule has 15 heavy (non-hydrogen) atoms. The molecule has 2 rings (SSSR count). The van der Waals surface area contributed by atoms with Crippen LogP contribution in [-0.4, -0.2) is 15.7 Å². The van der Waals surface area contributed by atoms with Crippen molar-refractivity contribution in [2.45, 2.75) is 38.7 Å². The number of pyridine rings is 1. The summed E-state index contributed by atoms with van der Waals surface area (Å²) in [7, 11) is 0. The zero-order valence-electron chi connectivity index (χ0n) is 9.48. The first-order chi connectivity index (χ1) is 7.09. The summed E-state index contributed by atoms with van der Waals surface area (Å²) in [6, 6.07) is 5.87. The predicted molar refractivity (Wildman–Crippen MR) is 60.5 cm³/mol. The molecule has 1 fully saturated rings. The minimum Gasteiger partial charge on any atom is -0.389 e. The minimum absolute atomic E-state index is 0.483. The fraction of sp³-hybridized carbons (Fsp3) is 0.615. The van der Waals surface area contributed by atoms with E-state index in [1.54, 1.807) is 6.20 Å². The quantitative estimate of drug-likeness (QED) is 0.822. The highest BCUT2D eigenvalue weighted by Crippen LogP contribution is 2.43. The van der Waals surface area contributed by atoms with Gasteiger partial charge in [0.2, 0.25) is 0 Å². The molecule has 0 atom stereocenters. The van der Waals surface area contributed by atoms with E-state index in [0.717, 1.165) is 18.5 Å². The molecular formula is C13H19NO. The molecule has 0 radical (unpaired) electrons. The van der Waals surface area contributed by atoms with Gasteiger partial charge in [0.05, 0.1) is 5.60 Å². The molecule has 1 heterocycles. The second-order valence-electron chi connectivity index (χ2n) is 5.13. The van der Waals surface area contributed by atoms with Crippen LogP contribution in [0.2, 0.25) is 0 Å². The normalized spacial score (nSPS) is 30.3. The molecule has 1 aromatic heterocycles. The Labute approximate surface area is 91.4 Å². The Morgan fingerprint density at radius 2 is 2.20 bits per heavy atom. The molecule has 1 saturated carbocycles. The molecule has 1 aliphatic carbocycles. The van der Waals surface area contributed by atoms with Gasteiger partial charge in [0, 0.05) is 18.3 Å². The van der Waals surface area contributed by atoms with Crippen molar-refractivity contribution < 1.29 is 5.11 Å². The van der Waals surface area contributed by atoms with Crippen LogP contribution in [0.15, 0.2) is 24.4 Å². The van der Waals surface area contributed by atoms with Gasteiger partial charge in [0.1, 0.15) is 0 Å². The van der Waals surface area contributed by atoms with Gasteiger partial charge in [-0.2, -0.15) is 0 Å². The van der Waals surface area contributed by atoms with Crippen molar-refractivity contribution in [3.05, 3.63) is 30.1 Å². The summed E-state index contributed by atoms with van der Waals surface area (Å²) < 4.78 is 0. The van der Waals surface area contributed by atoms with Crippen molar-refractivity contribution in [1.29, 1.82) is 0 Å². The molecule has 2 heteroatoms. The van der Waals surface area contributed by atoms with Crippen LogP contribution in [0.4, 0.5) is 0 Å². The predicted octanol–water partition coefficient (Wildman–Crippen LogP) is 2.42. The number of aromatic nitrogens is 1. The van der Waals surface area contributed by atoms with Gasteiger partial charge in [-0.3, -0.25) is 4.98 Å². The van der Waals surface area contributed by atoms with Crippen LogP contribution in [0.1, 0.15) is 32.4 Å². The molecular weight excluding hydrogens is 186 g/mol. The van der Waals surface area contributed by atoms with Crippen LogP contribution in [0, 0.1) is 11.8 Å². The van der Waals surface area contributed by atoms with Crippen molar-refractivity contribution in [2.24, 2.45) is 11.8 Å². The Bertz CT molecular complexity index is 315. The number of nitrogens with zero attached hydrogens (tertiary/aromatic N) is 1. The highest BCUT2D eigenvalue weighted by molar-refractivity contribution is 5.10. The Kier molecular flexibility index (Phi) is 2.79. The second kappa shape index (κ2) is 3.93. The van der Waals surface area contributed by atoms with E-state index in [4.69, 9.17) is 0 Å². The summed E-state index contributed by atoms with van der Waals surface area (Å²) in [5, 5.41) is 10.2. The van der Waals surface area contributed by atoms with Crippen LogP contribution in [0.5, 0.6) is 0 Å². The summed E-state index contributed by atoms with van der Waals surface area (Å²) >= 11 is 0. The highest BCUT2D eigenvalue weighted by atomic mass is 16.3. The fourth-order valence-corrected chi connectivity index (χ4v) is 2.37. The van der Waals surface area contributed by atoms with Gasteiger partial charge >= 0.3 is 0 Å². The van der Waals surface area contributed by atoms with Crippen LogP contribution in [-0.2, 0) is 6.42 Å². The van der Waals surface area contributed by atoms with Gasteiger partial charge in [0.15, 0.2) is 0 Å². The van der Waals surface area contributed by atoms with Crippen LogP contribution in [0.3, 0.4) is 0 Å². The van der Waals surface area contributed by atoms with Gasteiger partial charge in [0.25, 0.3) is 0 Å². The molecule has 0 unspecified atom stereocenters. The van der Waals surface area contributed by atoms with Crippen LogP contribution >= 0.6 is 0 Å². The summed E-state index contributed by atoms with van der Waals surface area (Å²) in [4.78, 5) is 4.26. The van der Waals surface area contributed by atoms with Gasteiger partial charge in [-0.25, -0.2) is 0 Å². The molecule has 0 saturated heterocycles. The molecule has 2 nitrogen and oxygen atoms in total. The first-order valence-corrected chi connectivity index (χ1v) is 5.71. The lowest BCUT2D eigenvalue weighted by Gasteiger charge is -2.45. The second-order valence-corrected chi connectivity index (χ2v) is 5.13. The maximum Gasteiger partial charge on any atom is 0.0708 e. The lowest BCUT2D eigenvalue weighted by molar-refractivity contribution is -0.0866. The monoisotopic (exact) mass is 205 g/mol. The van der Waals surface area contributed by atoms with E-state index in [0.29, 0.717) is 18.3 Å². The van der Waals surface area contributed by atoms with Gasteiger partial charge in [-0.15, -0.1) is 0 Å². The summed E-state index contributed by atoms with van der Waals surface area (Å²) in [6.45, 7) is 4.45. The Morgan fingerprint density at radius 3 is 2.73 bits per heavy atom. The van der Waals surface area contributed by atoms with E-state index in [9.17, 15) is 5.11 Å². The number of rotatable bonds is 3. The average molecular weight is 205 g/mol. The van der Waals surface area contributed by atoms with Crippen molar-refractivity contribution >= 4 is 0 Å². The molecule has 1 aliphatic rings. The Balaban J connectivity index is 1.92. The highest BCUT2D eigenvalue weighted by Gasteiger charge is 2.43. The smallest absolute Gasteiger partial charge is 0.0708 e. The van der Waals surface area contributed by atoms with Crippen molar-refractivity contribution in [3.63, 3.8) is 0 Å². The number of hydrogen-bond acceptors (Lipinski definition) is 2. The van der Waals surface area contributed by atoms with E-state index in [-0.39, 0.29) is 0 Å². The summed E-state index contributed by atoms with van der Waals surface area (Å²) in [5.41, 5.74) is 0.519. The summed E-state index contributed by atoms with van der Waals surface area (Å²) in [5.74, 6) is 1.38. The standard InChI is InChI=1S/C13H19NO/c1-10(2)11-7-13(15,8-11)9-12-5-3-4-6-14-12/h3-6,10-11,15H,7-9H2,1-2H3. The first kappa shape index (κ1) is 10.6. The van der Waals surface area contributed by atoms with E-state index in [1.165, 1.54) is 0 Å². The zero-order valence-corrected chi connectivity index (χ0v) is 9.48. The molecule has 0 amide bonds. The fourth-order valence-electron chi connectivity index (χ4n) is 2.37. The van der Waals surface area contributed by atoms with E-state index in [1.807, 2.05) is 18.2 Å². The van der Waals surface area contributed by atoms with Gasteiger partial charge in [-0.05, 0) is 36.8 Å². The van der Waals surface area contributed by atoms with Gasteiger partial charge in [-0.1, -0.05) is 19.9 Å². The number of hydrogen-bond donors (Lipinski definition) is 1. The Morgan fingerprint density at radius 1 is 1.47 bits per heavy atom. The maximum absolute atomic E-state index is 10.2. The number of aliphatic hydroxyl groups is 1. The Hall–Kier alpha value is -0.890. The SMILES string of the molecule is CC(C)C1CC(O)(Cc2ccccn2)C1. The van der Waals surface area contributed by atoms with Crippen molar-refractivity contribution in [3.8, 4) is 0 Å². The lowest BCUT2D eigenvalue weighted by atomic mass is 9.64. The molecule has 1 N–H and O–H groups in total. The van der Waals surface area contributed by atoms with Crippen molar-refractivity contribution in [2.75, 3.05) is 0 Å². The third kappa shape index (κ3) is 2.37. The first-order valence-electron chi connectivity index (χ1n) is 5.71. The largest absolute Gasteiger partial charge is 0.389 e. The molecule has 0 spiro atoms.